The van der Waals surface area contributed by atoms with Crippen LogP contribution in [0, 0.1) is 6.92 Å². The Bertz CT molecular complexity index is 541. The minimum Gasteiger partial charge on any atom is -0.231 e. The number of halogens is 1. The summed E-state index contributed by atoms with van der Waals surface area (Å²) in [5.41, 5.74) is 2.23. The Labute approximate surface area is 114 Å². The first-order valence-electron chi connectivity index (χ1n) is 5.47. The van der Waals surface area contributed by atoms with Gasteiger partial charge in [-0.3, -0.25) is 0 Å². The zero-order valence-electron chi connectivity index (χ0n) is 10.4. The second-order valence-electron chi connectivity index (χ2n) is 5.08. The van der Waals surface area contributed by atoms with Crippen molar-refractivity contribution in [1.82, 2.24) is 9.97 Å². The van der Waals surface area contributed by atoms with Gasteiger partial charge in [0.15, 0.2) is 0 Å². The molecule has 0 aromatic carbocycles. The largest absolute Gasteiger partial charge is 0.231 e. The standard InChI is InChI=1S/C13H15BrN2S/c1-8-5-6-17-11(8)9-7-10(14)16-12(15-9)13(2,3)4/h5-7H,1-4H3. The normalized spacial score (nSPS) is 11.8. The molecule has 17 heavy (non-hydrogen) atoms. The molecule has 2 nitrogen and oxygen atoms in total. The quantitative estimate of drug-likeness (QED) is 0.721. The predicted octanol–water partition coefficient (Wildman–Crippen LogP) is 4.57. The first-order valence-corrected chi connectivity index (χ1v) is 7.15. The molecule has 0 bridgehead atoms. The van der Waals surface area contributed by atoms with Gasteiger partial charge in [0.1, 0.15) is 10.4 Å². The molecule has 90 valence electrons. The molecule has 0 radical (unpaired) electrons. The number of rotatable bonds is 1. The molecule has 2 heterocycles. The second-order valence-corrected chi connectivity index (χ2v) is 6.81. The van der Waals surface area contributed by atoms with Gasteiger partial charge < -0.3 is 0 Å². The van der Waals surface area contributed by atoms with Crippen LogP contribution in [0.25, 0.3) is 10.6 Å². The van der Waals surface area contributed by atoms with Crippen LogP contribution < -0.4 is 0 Å². The fourth-order valence-electron chi connectivity index (χ4n) is 1.50. The summed E-state index contributed by atoms with van der Waals surface area (Å²) in [7, 11) is 0. The van der Waals surface area contributed by atoms with Crippen molar-refractivity contribution in [2.24, 2.45) is 0 Å². The van der Waals surface area contributed by atoms with Gasteiger partial charge in [-0.1, -0.05) is 20.8 Å². The first-order chi connectivity index (χ1) is 7.88. The van der Waals surface area contributed by atoms with Crippen LogP contribution in [0.5, 0.6) is 0 Å². The molecule has 2 aromatic heterocycles. The highest BCUT2D eigenvalue weighted by Gasteiger charge is 2.19. The summed E-state index contributed by atoms with van der Waals surface area (Å²) in [6.07, 6.45) is 0. The molecule has 0 saturated heterocycles. The van der Waals surface area contributed by atoms with Gasteiger partial charge in [-0.05, 0) is 45.9 Å². The molecule has 0 atom stereocenters. The molecule has 4 heteroatoms. The van der Waals surface area contributed by atoms with Crippen LogP contribution in [0.2, 0.25) is 0 Å². The lowest BCUT2D eigenvalue weighted by Crippen LogP contribution is -2.16. The third-order valence-electron chi connectivity index (χ3n) is 2.46. The van der Waals surface area contributed by atoms with E-state index in [2.05, 4.69) is 65.0 Å². The van der Waals surface area contributed by atoms with E-state index >= 15 is 0 Å². The molecule has 0 N–H and O–H groups in total. The summed E-state index contributed by atoms with van der Waals surface area (Å²) >= 11 is 5.19. The fraction of sp³-hybridized carbons (Fsp3) is 0.385. The first kappa shape index (κ1) is 12.7. The Kier molecular flexibility index (Phi) is 3.36. The Morgan fingerprint density at radius 3 is 2.47 bits per heavy atom. The van der Waals surface area contributed by atoms with E-state index in [4.69, 9.17) is 0 Å². The molecule has 0 unspecified atom stereocenters. The molecule has 0 fully saturated rings. The van der Waals surface area contributed by atoms with Crippen LogP contribution in [0.3, 0.4) is 0 Å². The van der Waals surface area contributed by atoms with Crippen molar-refractivity contribution in [2.75, 3.05) is 0 Å². The van der Waals surface area contributed by atoms with E-state index in [1.807, 2.05) is 6.07 Å². The molecule has 0 aliphatic rings. The summed E-state index contributed by atoms with van der Waals surface area (Å²) in [4.78, 5) is 10.4. The van der Waals surface area contributed by atoms with Gasteiger partial charge >= 0.3 is 0 Å². The average molecular weight is 311 g/mol. The van der Waals surface area contributed by atoms with Crippen LogP contribution in [0.15, 0.2) is 22.1 Å². The monoisotopic (exact) mass is 310 g/mol. The Hall–Kier alpha value is -0.740. The molecule has 0 spiro atoms. The summed E-state index contributed by atoms with van der Waals surface area (Å²) in [5, 5.41) is 2.09. The van der Waals surface area contributed by atoms with Crippen molar-refractivity contribution in [3.05, 3.63) is 33.5 Å². The van der Waals surface area contributed by atoms with Gasteiger partial charge in [0.05, 0.1) is 10.6 Å². The Balaban J connectivity index is 2.57. The molecule has 0 aliphatic carbocycles. The van der Waals surface area contributed by atoms with Crippen LogP contribution in [-0.4, -0.2) is 9.97 Å². The fourth-order valence-corrected chi connectivity index (χ4v) is 2.78. The summed E-state index contributed by atoms with van der Waals surface area (Å²) in [6.45, 7) is 8.48. The van der Waals surface area contributed by atoms with E-state index in [0.29, 0.717) is 0 Å². The second kappa shape index (κ2) is 4.50. The van der Waals surface area contributed by atoms with E-state index < -0.39 is 0 Å². The Morgan fingerprint density at radius 2 is 1.94 bits per heavy atom. The minimum absolute atomic E-state index is 0.0380. The zero-order valence-corrected chi connectivity index (χ0v) is 12.8. The van der Waals surface area contributed by atoms with Gasteiger partial charge in [-0.15, -0.1) is 11.3 Å². The van der Waals surface area contributed by atoms with Crippen LogP contribution in [0.4, 0.5) is 0 Å². The number of hydrogen-bond acceptors (Lipinski definition) is 3. The predicted molar refractivity (Wildman–Crippen MR) is 76.5 cm³/mol. The van der Waals surface area contributed by atoms with E-state index in [1.54, 1.807) is 11.3 Å². The van der Waals surface area contributed by atoms with Gasteiger partial charge in [0, 0.05) is 5.41 Å². The number of thiophene rings is 1. The third kappa shape index (κ3) is 2.75. The van der Waals surface area contributed by atoms with Crippen molar-refractivity contribution in [2.45, 2.75) is 33.1 Å². The smallest absolute Gasteiger partial charge is 0.135 e. The maximum absolute atomic E-state index is 4.68. The molecule has 2 rings (SSSR count). The lowest BCUT2D eigenvalue weighted by atomic mass is 9.95. The van der Waals surface area contributed by atoms with Crippen molar-refractivity contribution in [3.63, 3.8) is 0 Å². The van der Waals surface area contributed by atoms with Crippen molar-refractivity contribution in [1.29, 1.82) is 0 Å². The van der Waals surface area contributed by atoms with Crippen molar-refractivity contribution in [3.8, 4) is 10.6 Å². The summed E-state index contributed by atoms with van der Waals surface area (Å²) in [5.74, 6) is 0.870. The molecular weight excluding hydrogens is 296 g/mol. The number of aryl methyl sites for hydroxylation is 1. The van der Waals surface area contributed by atoms with Crippen molar-refractivity contribution < 1.29 is 0 Å². The average Bonchev–Trinajstić information content (AvgIpc) is 2.62. The summed E-state index contributed by atoms with van der Waals surface area (Å²) < 4.78 is 0.847. The zero-order chi connectivity index (χ0) is 12.6. The van der Waals surface area contributed by atoms with Crippen molar-refractivity contribution >= 4 is 27.3 Å². The van der Waals surface area contributed by atoms with Crippen LogP contribution in [-0.2, 0) is 5.41 Å². The van der Waals surface area contributed by atoms with E-state index in [0.717, 1.165) is 16.1 Å². The minimum atomic E-state index is -0.0380. The molecule has 0 aliphatic heterocycles. The van der Waals surface area contributed by atoms with E-state index in [9.17, 15) is 0 Å². The third-order valence-corrected chi connectivity index (χ3v) is 3.91. The van der Waals surface area contributed by atoms with E-state index in [-0.39, 0.29) is 5.41 Å². The topological polar surface area (TPSA) is 25.8 Å². The van der Waals surface area contributed by atoms with E-state index in [1.165, 1.54) is 10.4 Å². The number of nitrogens with zero attached hydrogens (tertiary/aromatic N) is 2. The van der Waals surface area contributed by atoms with Gasteiger partial charge in [0.25, 0.3) is 0 Å². The lowest BCUT2D eigenvalue weighted by molar-refractivity contribution is 0.544. The number of hydrogen-bond donors (Lipinski definition) is 0. The van der Waals surface area contributed by atoms with Gasteiger partial charge in [0.2, 0.25) is 0 Å². The maximum Gasteiger partial charge on any atom is 0.135 e. The molecule has 2 aromatic rings. The molecule has 0 amide bonds. The molecule has 0 saturated carbocycles. The molecular formula is C13H15BrN2S. The van der Waals surface area contributed by atoms with Crippen LogP contribution in [0.1, 0.15) is 32.2 Å². The summed E-state index contributed by atoms with van der Waals surface area (Å²) in [6, 6.07) is 4.10. The lowest BCUT2D eigenvalue weighted by Gasteiger charge is -2.17. The maximum atomic E-state index is 4.68. The highest BCUT2D eigenvalue weighted by Crippen LogP contribution is 2.30. The SMILES string of the molecule is Cc1ccsc1-c1cc(Br)nc(C(C)(C)C)n1. The van der Waals surface area contributed by atoms with Gasteiger partial charge in [-0.25, -0.2) is 9.97 Å². The number of aromatic nitrogens is 2. The van der Waals surface area contributed by atoms with Crippen LogP contribution >= 0.6 is 27.3 Å². The Morgan fingerprint density at radius 1 is 1.24 bits per heavy atom. The van der Waals surface area contributed by atoms with Gasteiger partial charge in [-0.2, -0.15) is 0 Å². The highest BCUT2D eigenvalue weighted by atomic mass is 79.9. The highest BCUT2D eigenvalue weighted by molar-refractivity contribution is 9.10.